The van der Waals surface area contributed by atoms with Crippen molar-refractivity contribution in [2.45, 2.75) is 19.3 Å². The average molecular weight is 358 g/mol. The van der Waals surface area contributed by atoms with E-state index >= 15 is 0 Å². The van der Waals surface area contributed by atoms with Crippen molar-refractivity contribution in [2.75, 3.05) is 26.1 Å². The molecule has 0 aromatic heterocycles. The van der Waals surface area contributed by atoms with Gasteiger partial charge in [-0.05, 0) is 31.4 Å². The topological polar surface area (TPSA) is 117 Å². The van der Waals surface area contributed by atoms with Gasteiger partial charge in [0.25, 0.3) is 5.91 Å². The van der Waals surface area contributed by atoms with Crippen LogP contribution in [-0.2, 0) is 4.79 Å². The van der Waals surface area contributed by atoms with Crippen molar-refractivity contribution < 1.29 is 19.1 Å². The summed E-state index contributed by atoms with van der Waals surface area (Å²) in [6.45, 7) is 0.479. The summed E-state index contributed by atoms with van der Waals surface area (Å²) in [5.41, 5.74) is 11.6. The number of nitrogens with two attached hydrogens (primary N) is 2. The van der Waals surface area contributed by atoms with Crippen LogP contribution in [0.2, 0.25) is 0 Å². The smallest absolute Gasteiger partial charge is 0.250 e. The SMILES string of the molecule is COc1cc(NC(=O)[C@@H]2CCC[C@@H]2CN)c(C(N)=O)cc1OC.Cl. The van der Waals surface area contributed by atoms with Gasteiger partial charge in [0.1, 0.15) is 0 Å². The van der Waals surface area contributed by atoms with E-state index in [9.17, 15) is 9.59 Å². The van der Waals surface area contributed by atoms with Crippen molar-refractivity contribution in [2.24, 2.45) is 23.3 Å². The summed E-state index contributed by atoms with van der Waals surface area (Å²) in [5, 5.41) is 2.79. The van der Waals surface area contributed by atoms with Crippen molar-refractivity contribution in [1.29, 1.82) is 0 Å². The van der Waals surface area contributed by atoms with Gasteiger partial charge in [0.05, 0.1) is 25.5 Å². The zero-order chi connectivity index (χ0) is 17.0. The van der Waals surface area contributed by atoms with Gasteiger partial charge < -0.3 is 26.3 Å². The van der Waals surface area contributed by atoms with Crippen LogP contribution in [0.4, 0.5) is 5.69 Å². The predicted octanol–water partition coefficient (Wildman–Crippen LogP) is 1.54. The van der Waals surface area contributed by atoms with Crippen LogP contribution in [0.15, 0.2) is 12.1 Å². The number of primary amides is 1. The minimum atomic E-state index is -0.650. The van der Waals surface area contributed by atoms with E-state index in [-0.39, 0.29) is 35.7 Å². The normalized spacial score (nSPS) is 19.3. The Balaban J connectivity index is 0.00000288. The van der Waals surface area contributed by atoms with Crippen LogP contribution >= 0.6 is 12.4 Å². The molecule has 2 rings (SSSR count). The highest BCUT2D eigenvalue weighted by molar-refractivity contribution is 6.04. The summed E-state index contributed by atoms with van der Waals surface area (Å²) >= 11 is 0. The molecule has 7 nitrogen and oxygen atoms in total. The molecule has 1 saturated carbocycles. The van der Waals surface area contributed by atoms with Crippen molar-refractivity contribution >= 4 is 29.9 Å². The highest BCUT2D eigenvalue weighted by Gasteiger charge is 2.32. The monoisotopic (exact) mass is 357 g/mol. The molecular formula is C16H24ClN3O4. The van der Waals surface area contributed by atoms with Crippen molar-refractivity contribution in [3.63, 3.8) is 0 Å². The lowest BCUT2D eigenvalue weighted by atomic mass is 9.95. The number of halogens is 1. The molecule has 5 N–H and O–H groups in total. The molecular weight excluding hydrogens is 334 g/mol. The first-order valence-electron chi connectivity index (χ1n) is 7.58. The maximum absolute atomic E-state index is 12.5. The lowest BCUT2D eigenvalue weighted by Crippen LogP contribution is -2.30. The van der Waals surface area contributed by atoms with E-state index in [0.29, 0.717) is 23.7 Å². The molecule has 0 radical (unpaired) electrons. The molecule has 0 unspecified atom stereocenters. The number of methoxy groups -OCH3 is 2. The Kier molecular flexibility index (Phi) is 7.31. The third-order valence-electron chi connectivity index (χ3n) is 4.35. The highest BCUT2D eigenvalue weighted by atomic mass is 35.5. The molecule has 0 saturated heterocycles. The fourth-order valence-corrected chi connectivity index (χ4v) is 3.08. The quantitative estimate of drug-likeness (QED) is 0.713. The second-order valence-corrected chi connectivity index (χ2v) is 5.64. The largest absolute Gasteiger partial charge is 0.493 e. The molecule has 134 valence electrons. The third kappa shape index (κ3) is 4.10. The number of nitrogens with one attached hydrogen (secondary N) is 1. The minimum Gasteiger partial charge on any atom is -0.493 e. The van der Waals surface area contributed by atoms with Crippen LogP contribution in [0.1, 0.15) is 29.6 Å². The Labute approximate surface area is 147 Å². The van der Waals surface area contributed by atoms with Crippen LogP contribution in [0.25, 0.3) is 0 Å². The first kappa shape index (κ1) is 20.1. The minimum absolute atomic E-state index is 0. The van der Waals surface area contributed by atoms with Crippen LogP contribution < -0.4 is 26.3 Å². The molecule has 1 fully saturated rings. The zero-order valence-electron chi connectivity index (χ0n) is 13.8. The lowest BCUT2D eigenvalue weighted by molar-refractivity contribution is -0.120. The zero-order valence-corrected chi connectivity index (χ0v) is 14.7. The molecule has 1 aromatic rings. The van der Waals surface area contributed by atoms with E-state index in [4.69, 9.17) is 20.9 Å². The molecule has 0 heterocycles. The summed E-state index contributed by atoms with van der Waals surface area (Å²) in [4.78, 5) is 24.2. The first-order chi connectivity index (χ1) is 11.0. The van der Waals surface area contributed by atoms with Crippen molar-refractivity contribution in [1.82, 2.24) is 0 Å². The summed E-state index contributed by atoms with van der Waals surface area (Å²) in [7, 11) is 2.94. The number of ether oxygens (including phenoxy) is 2. The first-order valence-corrected chi connectivity index (χ1v) is 7.58. The van der Waals surface area contributed by atoms with Crippen LogP contribution in [0.3, 0.4) is 0 Å². The average Bonchev–Trinajstić information content (AvgIpc) is 3.02. The molecule has 2 atom stereocenters. The second kappa shape index (κ2) is 8.75. The highest BCUT2D eigenvalue weighted by Crippen LogP contribution is 2.35. The third-order valence-corrected chi connectivity index (χ3v) is 4.35. The van der Waals surface area contributed by atoms with Gasteiger partial charge in [-0.3, -0.25) is 9.59 Å². The molecule has 1 aromatic carbocycles. The van der Waals surface area contributed by atoms with Crippen LogP contribution in [-0.4, -0.2) is 32.6 Å². The number of hydrogen-bond acceptors (Lipinski definition) is 5. The fraction of sp³-hybridized carbons (Fsp3) is 0.500. The number of carbonyl (C=O) groups excluding carboxylic acids is 2. The number of hydrogen-bond donors (Lipinski definition) is 3. The molecule has 8 heteroatoms. The van der Waals surface area contributed by atoms with E-state index in [2.05, 4.69) is 5.32 Å². The summed E-state index contributed by atoms with van der Waals surface area (Å²) in [5.74, 6) is 0.0197. The number of rotatable bonds is 6. The second-order valence-electron chi connectivity index (χ2n) is 5.64. The van der Waals surface area contributed by atoms with E-state index in [1.807, 2.05) is 0 Å². The van der Waals surface area contributed by atoms with Gasteiger partial charge in [0, 0.05) is 12.0 Å². The fourth-order valence-electron chi connectivity index (χ4n) is 3.08. The van der Waals surface area contributed by atoms with Gasteiger partial charge in [0.15, 0.2) is 11.5 Å². The van der Waals surface area contributed by atoms with E-state index in [1.54, 1.807) is 6.07 Å². The van der Waals surface area contributed by atoms with E-state index in [0.717, 1.165) is 19.3 Å². The van der Waals surface area contributed by atoms with Crippen molar-refractivity contribution in [3.05, 3.63) is 17.7 Å². The van der Waals surface area contributed by atoms with Crippen LogP contribution in [0, 0.1) is 11.8 Å². The lowest BCUT2D eigenvalue weighted by Gasteiger charge is -2.19. The maximum atomic E-state index is 12.5. The van der Waals surface area contributed by atoms with Gasteiger partial charge in [-0.1, -0.05) is 6.42 Å². The molecule has 2 amide bonds. The maximum Gasteiger partial charge on any atom is 0.250 e. The summed E-state index contributed by atoms with van der Waals surface area (Å²) in [6.07, 6.45) is 2.73. The number of benzene rings is 1. The summed E-state index contributed by atoms with van der Waals surface area (Å²) in [6, 6.07) is 3.01. The molecule has 24 heavy (non-hydrogen) atoms. The molecule has 0 spiro atoms. The Bertz CT molecular complexity index is 609. The molecule has 0 aliphatic heterocycles. The number of anilines is 1. The number of amides is 2. The molecule has 0 bridgehead atoms. The standard InChI is InChI=1S/C16H23N3O4.ClH/c1-22-13-6-11(15(18)20)12(7-14(13)23-2)19-16(21)10-5-3-4-9(10)8-17;/h6-7,9-10H,3-5,8,17H2,1-2H3,(H2,18,20)(H,19,21);1H/t9-,10-;/m1./s1. The van der Waals surface area contributed by atoms with Gasteiger partial charge >= 0.3 is 0 Å². The summed E-state index contributed by atoms with van der Waals surface area (Å²) < 4.78 is 10.4. The van der Waals surface area contributed by atoms with Crippen molar-refractivity contribution in [3.8, 4) is 11.5 Å². The molecule has 1 aliphatic rings. The van der Waals surface area contributed by atoms with Gasteiger partial charge in [0.2, 0.25) is 5.91 Å². The Morgan fingerprint density at radius 1 is 1.21 bits per heavy atom. The molecule has 1 aliphatic carbocycles. The predicted molar refractivity (Wildman–Crippen MR) is 93.8 cm³/mol. The van der Waals surface area contributed by atoms with E-state index in [1.165, 1.54) is 20.3 Å². The Morgan fingerprint density at radius 2 is 1.83 bits per heavy atom. The van der Waals surface area contributed by atoms with Gasteiger partial charge in [-0.15, -0.1) is 12.4 Å². The Morgan fingerprint density at radius 3 is 2.38 bits per heavy atom. The van der Waals surface area contributed by atoms with E-state index < -0.39 is 5.91 Å². The van der Waals surface area contributed by atoms with Gasteiger partial charge in [-0.25, -0.2) is 0 Å². The Hall–Kier alpha value is -1.99. The van der Waals surface area contributed by atoms with Crippen LogP contribution in [0.5, 0.6) is 11.5 Å². The number of carbonyl (C=O) groups is 2. The van der Waals surface area contributed by atoms with Gasteiger partial charge in [-0.2, -0.15) is 0 Å².